The van der Waals surface area contributed by atoms with E-state index in [9.17, 15) is 25.5 Å². The van der Waals surface area contributed by atoms with Crippen LogP contribution in [0.4, 0.5) is 0 Å². The molecule has 2 heterocycles. The van der Waals surface area contributed by atoms with Gasteiger partial charge in [-0.3, -0.25) is 0 Å². The Hall–Kier alpha value is -3.82. The van der Waals surface area contributed by atoms with Gasteiger partial charge in [-0.25, -0.2) is 0 Å². The zero-order valence-corrected chi connectivity index (χ0v) is 19.1. The van der Waals surface area contributed by atoms with Crippen LogP contribution in [0.25, 0.3) is 0 Å². The molecule has 184 valence electrons. The van der Waals surface area contributed by atoms with E-state index in [1.54, 1.807) is 30.3 Å². The first-order valence-corrected chi connectivity index (χ1v) is 11.1. The summed E-state index contributed by atoms with van der Waals surface area (Å²) in [5, 5.41) is 51.6. The molecule has 3 aromatic carbocycles. The summed E-state index contributed by atoms with van der Waals surface area (Å²) in [6.45, 7) is 1.44. The Balaban J connectivity index is 1.51. The molecule has 3 aromatic rings. The molecule has 0 amide bonds. The van der Waals surface area contributed by atoms with E-state index >= 15 is 0 Å². The molecule has 35 heavy (non-hydrogen) atoms. The van der Waals surface area contributed by atoms with Gasteiger partial charge in [0.2, 0.25) is 5.75 Å². The van der Waals surface area contributed by atoms with Gasteiger partial charge in [0.05, 0.1) is 19.8 Å². The van der Waals surface area contributed by atoms with Gasteiger partial charge in [0.15, 0.2) is 41.3 Å². The first-order chi connectivity index (χ1) is 16.8. The maximum Gasteiger partial charge on any atom is 0.203 e. The standard InChI is InChI=1S/C26H26O9/c1-12-5-17(29)15-10-19(31)24(33-20(15)6-12)14-7-18(30)26-22(9-14)34-25(23(11-27)35-26)13-3-4-16(28)21(8-13)32-2/h3-9,19,23-25,27-31H,10-11H2,1-2H3. The lowest BCUT2D eigenvalue weighted by Gasteiger charge is -2.35. The predicted molar refractivity (Wildman–Crippen MR) is 124 cm³/mol. The highest BCUT2D eigenvalue weighted by molar-refractivity contribution is 5.56. The van der Waals surface area contributed by atoms with Crippen molar-refractivity contribution in [3.63, 3.8) is 0 Å². The third-order valence-corrected chi connectivity index (χ3v) is 6.31. The maximum atomic E-state index is 10.8. The summed E-state index contributed by atoms with van der Waals surface area (Å²) >= 11 is 0. The molecule has 0 aromatic heterocycles. The Labute approximate surface area is 201 Å². The van der Waals surface area contributed by atoms with Crippen LogP contribution in [0.5, 0.6) is 40.2 Å². The topological polar surface area (TPSA) is 138 Å². The minimum Gasteiger partial charge on any atom is -0.508 e. The van der Waals surface area contributed by atoms with E-state index in [2.05, 4.69) is 0 Å². The van der Waals surface area contributed by atoms with Gasteiger partial charge >= 0.3 is 0 Å². The van der Waals surface area contributed by atoms with E-state index in [1.807, 2.05) is 6.92 Å². The van der Waals surface area contributed by atoms with Crippen molar-refractivity contribution in [2.45, 2.75) is 37.8 Å². The van der Waals surface area contributed by atoms with Gasteiger partial charge in [-0.05, 0) is 48.9 Å². The third-order valence-electron chi connectivity index (χ3n) is 6.31. The van der Waals surface area contributed by atoms with Gasteiger partial charge < -0.3 is 44.5 Å². The van der Waals surface area contributed by atoms with Crippen LogP contribution in [-0.4, -0.2) is 51.5 Å². The summed E-state index contributed by atoms with van der Waals surface area (Å²) in [7, 11) is 1.43. The number of fused-ring (bicyclic) bond motifs is 2. The highest BCUT2D eigenvalue weighted by Crippen LogP contribution is 2.49. The number of rotatable bonds is 4. The summed E-state index contributed by atoms with van der Waals surface area (Å²) in [6.07, 6.45) is -3.24. The number of hydrogen-bond acceptors (Lipinski definition) is 9. The number of aliphatic hydroxyl groups is 2. The number of methoxy groups -OCH3 is 1. The fourth-order valence-corrected chi connectivity index (χ4v) is 4.59. The molecule has 0 spiro atoms. The van der Waals surface area contributed by atoms with Crippen molar-refractivity contribution in [1.82, 2.24) is 0 Å². The van der Waals surface area contributed by atoms with E-state index in [4.69, 9.17) is 18.9 Å². The summed E-state index contributed by atoms with van der Waals surface area (Å²) < 4.78 is 23.2. The molecule has 4 atom stereocenters. The average molecular weight is 482 g/mol. The van der Waals surface area contributed by atoms with Gasteiger partial charge in [0, 0.05) is 23.1 Å². The van der Waals surface area contributed by atoms with Gasteiger partial charge in [0.25, 0.3) is 0 Å². The molecule has 0 saturated carbocycles. The summed E-state index contributed by atoms with van der Waals surface area (Å²) in [4.78, 5) is 0. The predicted octanol–water partition coefficient (Wildman–Crippen LogP) is 3.03. The molecular formula is C26H26O9. The zero-order chi connectivity index (χ0) is 24.9. The van der Waals surface area contributed by atoms with Crippen molar-refractivity contribution < 1.29 is 44.5 Å². The van der Waals surface area contributed by atoms with Crippen LogP contribution in [0, 0.1) is 6.92 Å². The molecule has 2 aliphatic heterocycles. The van der Waals surface area contributed by atoms with Crippen LogP contribution >= 0.6 is 0 Å². The normalized spacial score (nSPS) is 22.7. The number of ether oxygens (including phenoxy) is 4. The van der Waals surface area contributed by atoms with Crippen LogP contribution in [0.2, 0.25) is 0 Å². The molecule has 0 fully saturated rings. The van der Waals surface area contributed by atoms with Gasteiger partial charge in [-0.15, -0.1) is 0 Å². The Bertz CT molecular complexity index is 1270. The van der Waals surface area contributed by atoms with Crippen LogP contribution in [-0.2, 0) is 6.42 Å². The molecule has 4 unspecified atom stereocenters. The number of aromatic hydroxyl groups is 3. The van der Waals surface area contributed by atoms with E-state index in [0.717, 1.165) is 5.56 Å². The van der Waals surface area contributed by atoms with Crippen molar-refractivity contribution in [3.8, 4) is 40.2 Å². The molecule has 0 radical (unpaired) electrons. The second-order valence-electron chi connectivity index (χ2n) is 8.75. The SMILES string of the molecule is COc1cc(C2Oc3cc(C4Oc5cc(C)cc(O)c5CC4O)cc(O)c3OC2CO)ccc1O. The largest absolute Gasteiger partial charge is 0.508 e. The molecule has 0 saturated heterocycles. The fourth-order valence-electron chi connectivity index (χ4n) is 4.59. The molecule has 0 aliphatic carbocycles. The first kappa shape index (κ1) is 22.9. The van der Waals surface area contributed by atoms with Crippen molar-refractivity contribution in [1.29, 1.82) is 0 Å². The molecule has 2 aliphatic rings. The minimum absolute atomic E-state index is 0.0427. The summed E-state index contributed by atoms with van der Waals surface area (Å²) in [5.41, 5.74) is 2.37. The lowest BCUT2D eigenvalue weighted by molar-refractivity contribution is -0.0151. The Kier molecular flexibility index (Phi) is 5.74. The second-order valence-corrected chi connectivity index (χ2v) is 8.75. The van der Waals surface area contributed by atoms with E-state index < -0.39 is 31.0 Å². The van der Waals surface area contributed by atoms with E-state index in [1.165, 1.54) is 19.2 Å². The smallest absolute Gasteiger partial charge is 0.203 e. The highest BCUT2D eigenvalue weighted by Gasteiger charge is 2.37. The Morgan fingerprint density at radius 1 is 0.857 bits per heavy atom. The average Bonchev–Trinajstić information content (AvgIpc) is 2.83. The highest BCUT2D eigenvalue weighted by atomic mass is 16.6. The fraction of sp³-hybridized carbons (Fsp3) is 0.308. The van der Waals surface area contributed by atoms with Gasteiger partial charge in [-0.2, -0.15) is 0 Å². The van der Waals surface area contributed by atoms with E-state index in [0.29, 0.717) is 22.4 Å². The van der Waals surface area contributed by atoms with Crippen molar-refractivity contribution in [2.24, 2.45) is 0 Å². The Morgan fingerprint density at radius 2 is 1.63 bits per heavy atom. The number of aryl methyl sites for hydroxylation is 1. The first-order valence-electron chi connectivity index (χ1n) is 11.1. The maximum absolute atomic E-state index is 10.8. The molecule has 0 bridgehead atoms. The van der Waals surface area contributed by atoms with E-state index in [-0.39, 0.29) is 40.9 Å². The van der Waals surface area contributed by atoms with Crippen molar-refractivity contribution >= 4 is 0 Å². The molecule has 5 N–H and O–H groups in total. The quantitative estimate of drug-likeness (QED) is 0.380. The summed E-state index contributed by atoms with van der Waals surface area (Å²) in [6, 6.07) is 11.1. The lowest BCUT2D eigenvalue weighted by Crippen LogP contribution is -2.36. The molecule has 5 rings (SSSR count). The minimum atomic E-state index is -0.986. The third kappa shape index (κ3) is 4.02. The number of hydrogen-bond donors (Lipinski definition) is 5. The van der Waals surface area contributed by atoms with Gasteiger partial charge in [0.1, 0.15) is 11.5 Å². The number of phenols is 3. The Morgan fingerprint density at radius 3 is 2.37 bits per heavy atom. The zero-order valence-electron chi connectivity index (χ0n) is 19.1. The van der Waals surface area contributed by atoms with Crippen LogP contribution in [0.1, 0.15) is 34.5 Å². The van der Waals surface area contributed by atoms with Gasteiger partial charge in [-0.1, -0.05) is 6.07 Å². The van der Waals surface area contributed by atoms with Crippen LogP contribution < -0.4 is 18.9 Å². The second kappa shape index (κ2) is 8.75. The number of aliphatic hydroxyl groups excluding tert-OH is 2. The monoisotopic (exact) mass is 482 g/mol. The van der Waals surface area contributed by atoms with Crippen molar-refractivity contribution in [2.75, 3.05) is 13.7 Å². The van der Waals surface area contributed by atoms with Crippen molar-refractivity contribution in [3.05, 3.63) is 64.7 Å². The molecule has 9 nitrogen and oxygen atoms in total. The van der Waals surface area contributed by atoms with Crippen LogP contribution in [0.3, 0.4) is 0 Å². The molecular weight excluding hydrogens is 456 g/mol. The van der Waals surface area contributed by atoms with Crippen LogP contribution in [0.15, 0.2) is 42.5 Å². The summed E-state index contributed by atoms with van der Waals surface area (Å²) in [5.74, 6) is 0.752. The number of benzene rings is 3. The lowest BCUT2D eigenvalue weighted by atomic mass is 9.93. The number of phenolic OH excluding ortho intramolecular Hbond substituents is 3. The molecule has 9 heteroatoms.